The van der Waals surface area contributed by atoms with Crippen molar-refractivity contribution in [2.75, 3.05) is 32.8 Å². The predicted molar refractivity (Wildman–Crippen MR) is 151 cm³/mol. The molecule has 4 heterocycles. The molecule has 2 aliphatic rings. The van der Waals surface area contributed by atoms with Crippen molar-refractivity contribution in [3.63, 3.8) is 0 Å². The standard InChI is InChI=1S/C28H31BClFN4O5/c1-27(2)16-39-29(40-17-27)20-10-19-11-22(25(37)32-9-8-18-4-6-21(30)7-5-18)26(38)35(24(19)33-12-20)13-23(36)34-14-28(3,31)15-34/h4-7,10-12H,8-9,13-17H2,1-3H3,(H,32,37). The fourth-order valence-corrected chi connectivity index (χ4v) is 4.96. The van der Waals surface area contributed by atoms with E-state index in [1.807, 2.05) is 26.0 Å². The Morgan fingerprint density at radius 3 is 2.45 bits per heavy atom. The molecule has 12 heteroatoms. The summed E-state index contributed by atoms with van der Waals surface area (Å²) in [5.74, 6) is -0.995. The lowest BCUT2D eigenvalue weighted by atomic mass is 9.76. The zero-order valence-electron chi connectivity index (χ0n) is 22.7. The Kier molecular flexibility index (Phi) is 7.74. The highest BCUT2D eigenvalue weighted by atomic mass is 35.5. The molecular formula is C28H31BClFN4O5. The first-order chi connectivity index (χ1) is 18.9. The highest BCUT2D eigenvalue weighted by Crippen LogP contribution is 2.25. The lowest BCUT2D eigenvalue weighted by Crippen LogP contribution is -2.60. The molecule has 0 unspecified atom stereocenters. The topological polar surface area (TPSA) is 103 Å². The summed E-state index contributed by atoms with van der Waals surface area (Å²) in [5.41, 5.74) is -0.502. The fraction of sp³-hybridized carbons (Fsp3) is 0.429. The highest BCUT2D eigenvalue weighted by molar-refractivity contribution is 6.61. The average molecular weight is 569 g/mol. The fourth-order valence-electron chi connectivity index (χ4n) is 4.83. The number of alkyl halides is 1. The number of hydrogen-bond acceptors (Lipinski definition) is 6. The molecule has 0 saturated carbocycles. The van der Waals surface area contributed by atoms with Crippen LogP contribution in [0.15, 0.2) is 47.4 Å². The van der Waals surface area contributed by atoms with E-state index < -0.39 is 30.2 Å². The maximum absolute atomic E-state index is 14.0. The van der Waals surface area contributed by atoms with E-state index in [4.69, 9.17) is 20.9 Å². The summed E-state index contributed by atoms with van der Waals surface area (Å²) in [7, 11) is -0.646. The van der Waals surface area contributed by atoms with Crippen LogP contribution in [0.4, 0.5) is 4.39 Å². The molecule has 0 spiro atoms. The molecule has 2 aromatic heterocycles. The first-order valence-electron chi connectivity index (χ1n) is 13.2. The summed E-state index contributed by atoms with van der Waals surface area (Å²) < 4.78 is 27.0. The van der Waals surface area contributed by atoms with Gasteiger partial charge in [-0.05, 0) is 43.2 Å². The monoisotopic (exact) mass is 568 g/mol. The second-order valence-corrected chi connectivity index (χ2v) is 12.0. The van der Waals surface area contributed by atoms with Crippen LogP contribution in [0.2, 0.25) is 5.02 Å². The van der Waals surface area contributed by atoms with Crippen molar-refractivity contribution in [1.82, 2.24) is 19.8 Å². The number of aromatic nitrogens is 2. The number of rotatable bonds is 7. The van der Waals surface area contributed by atoms with Crippen LogP contribution in [-0.4, -0.2) is 71.9 Å². The molecule has 1 N–H and O–H groups in total. The molecule has 0 aliphatic carbocycles. The summed E-state index contributed by atoms with van der Waals surface area (Å²) >= 11 is 5.94. The Bertz CT molecular complexity index is 1490. The summed E-state index contributed by atoms with van der Waals surface area (Å²) in [6.45, 7) is 6.32. The summed E-state index contributed by atoms with van der Waals surface area (Å²) in [6, 6.07) is 10.5. The van der Waals surface area contributed by atoms with Gasteiger partial charge in [-0.2, -0.15) is 0 Å². The van der Waals surface area contributed by atoms with Gasteiger partial charge in [-0.15, -0.1) is 0 Å². The number of carbonyl (C=O) groups excluding carboxylic acids is 2. The molecule has 2 saturated heterocycles. The van der Waals surface area contributed by atoms with Gasteiger partial charge >= 0.3 is 7.12 Å². The summed E-state index contributed by atoms with van der Waals surface area (Å²) in [6.07, 6.45) is 2.08. The van der Waals surface area contributed by atoms with E-state index in [2.05, 4.69) is 10.3 Å². The third kappa shape index (κ3) is 6.21. The Hall–Kier alpha value is -3.28. The van der Waals surface area contributed by atoms with Crippen molar-refractivity contribution in [3.8, 4) is 0 Å². The van der Waals surface area contributed by atoms with Crippen molar-refractivity contribution < 1.29 is 23.3 Å². The van der Waals surface area contributed by atoms with Gasteiger partial charge in [-0.1, -0.05) is 37.6 Å². The number of pyridine rings is 2. The second kappa shape index (κ2) is 10.9. The molecule has 0 atom stereocenters. The third-order valence-electron chi connectivity index (χ3n) is 7.01. The number of nitrogens with one attached hydrogen (secondary N) is 1. The minimum atomic E-state index is -1.45. The molecule has 0 bridgehead atoms. The van der Waals surface area contributed by atoms with Crippen LogP contribution < -0.4 is 16.3 Å². The van der Waals surface area contributed by atoms with E-state index in [-0.39, 0.29) is 42.8 Å². The molecule has 3 aromatic rings. The van der Waals surface area contributed by atoms with Gasteiger partial charge in [0.15, 0.2) is 0 Å². The molecule has 5 rings (SSSR count). The number of halogens is 2. The Morgan fingerprint density at radius 1 is 1.12 bits per heavy atom. The lowest BCUT2D eigenvalue weighted by molar-refractivity contribution is -0.144. The number of amides is 2. The van der Waals surface area contributed by atoms with E-state index >= 15 is 0 Å². The van der Waals surface area contributed by atoms with Crippen LogP contribution in [0.25, 0.3) is 11.0 Å². The van der Waals surface area contributed by atoms with Gasteiger partial charge in [-0.25, -0.2) is 9.37 Å². The molecule has 2 aliphatic heterocycles. The highest BCUT2D eigenvalue weighted by Gasteiger charge is 2.41. The molecular weight excluding hydrogens is 538 g/mol. The number of hydrogen-bond donors (Lipinski definition) is 1. The quantitative estimate of drug-likeness (QED) is 0.439. The van der Waals surface area contributed by atoms with E-state index in [0.29, 0.717) is 35.5 Å². The number of carbonyl (C=O) groups is 2. The predicted octanol–water partition coefficient (Wildman–Crippen LogP) is 2.36. The molecule has 1 aromatic carbocycles. The van der Waals surface area contributed by atoms with Gasteiger partial charge in [0.2, 0.25) is 5.91 Å². The number of fused-ring (bicyclic) bond motifs is 1. The van der Waals surface area contributed by atoms with Crippen LogP contribution in [0.5, 0.6) is 0 Å². The van der Waals surface area contributed by atoms with Crippen LogP contribution in [0, 0.1) is 5.41 Å². The Morgan fingerprint density at radius 2 is 1.80 bits per heavy atom. The van der Waals surface area contributed by atoms with Gasteiger partial charge < -0.3 is 19.5 Å². The Labute approximate surface area is 236 Å². The molecule has 2 fully saturated rings. The normalized spacial score (nSPS) is 17.9. The maximum Gasteiger partial charge on any atom is 0.495 e. The number of benzene rings is 1. The van der Waals surface area contributed by atoms with Crippen LogP contribution >= 0.6 is 11.6 Å². The zero-order valence-corrected chi connectivity index (χ0v) is 23.5. The first-order valence-corrected chi connectivity index (χ1v) is 13.5. The first kappa shape index (κ1) is 28.3. The van der Waals surface area contributed by atoms with Crippen LogP contribution in [0.1, 0.15) is 36.7 Å². The molecule has 40 heavy (non-hydrogen) atoms. The minimum Gasteiger partial charge on any atom is -0.407 e. The van der Waals surface area contributed by atoms with Gasteiger partial charge in [0.1, 0.15) is 23.4 Å². The van der Waals surface area contributed by atoms with E-state index in [1.165, 1.54) is 22.5 Å². The lowest BCUT2D eigenvalue weighted by Gasteiger charge is -2.42. The van der Waals surface area contributed by atoms with Crippen molar-refractivity contribution in [2.24, 2.45) is 5.41 Å². The van der Waals surface area contributed by atoms with Gasteiger partial charge in [-0.3, -0.25) is 19.0 Å². The van der Waals surface area contributed by atoms with Crippen molar-refractivity contribution in [1.29, 1.82) is 0 Å². The Balaban J connectivity index is 1.43. The average Bonchev–Trinajstić information content (AvgIpc) is 2.89. The van der Waals surface area contributed by atoms with Crippen molar-refractivity contribution >= 4 is 47.0 Å². The number of nitrogens with zero attached hydrogens (tertiary/aromatic N) is 3. The zero-order chi connectivity index (χ0) is 28.7. The molecule has 210 valence electrons. The van der Waals surface area contributed by atoms with E-state index in [1.54, 1.807) is 24.4 Å². The second-order valence-electron chi connectivity index (χ2n) is 11.5. The molecule has 9 nitrogen and oxygen atoms in total. The summed E-state index contributed by atoms with van der Waals surface area (Å²) in [4.78, 5) is 45.4. The minimum absolute atomic E-state index is 0.0479. The summed E-state index contributed by atoms with van der Waals surface area (Å²) in [5, 5.41) is 3.89. The largest absolute Gasteiger partial charge is 0.495 e. The third-order valence-corrected chi connectivity index (χ3v) is 7.27. The van der Waals surface area contributed by atoms with E-state index in [9.17, 15) is 18.8 Å². The number of likely N-dealkylation sites (tertiary alicyclic amines) is 1. The SMILES string of the molecule is CC1(C)COB(c2cnc3c(c2)cc(C(=O)NCCc2ccc(Cl)cc2)c(=O)n3CC(=O)N2CC(C)(F)C2)OC1. The van der Waals surface area contributed by atoms with Crippen LogP contribution in [-0.2, 0) is 27.1 Å². The van der Waals surface area contributed by atoms with Gasteiger partial charge in [0, 0.05) is 47.2 Å². The van der Waals surface area contributed by atoms with Gasteiger partial charge in [0.25, 0.3) is 11.5 Å². The van der Waals surface area contributed by atoms with Crippen molar-refractivity contribution in [3.05, 3.63) is 69.1 Å². The van der Waals surface area contributed by atoms with Gasteiger partial charge in [0.05, 0.1) is 13.1 Å². The van der Waals surface area contributed by atoms with E-state index in [0.717, 1.165) is 5.56 Å². The maximum atomic E-state index is 14.0. The molecule has 0 radical (unpaired) electrons. The van der Waals surface area contributed by atoms with Crippen molar-refractivity contribution in [2.45, 2.75) is 39.4 Å². The van der Waals surface area contributed by atoms with Crippen LogP contribution in [0.3, 0.4) is 0 Å². The molecule has 2 amide bonds. The smallest absolute Gasteiger partial charge is 0.407 e.